The summed E-state index contributed by atoms with van der Waals surface area (Å²) in [4.78, 5) is 15.7. The van der Waals surface area contributed by atoms with Crippen LogP contribution < -0.4 is 11.1 Å². The van der Waals surface area contributed by atoms with Crippen molar-refractivity contribution in [2.24, 2.45) is 0 Å². The van der Waals surface area contributed by atoms with E-state index in [0.29, 0.717) is 0 Å². The summed E-state index contributed by atoms with van der Waals surface area (Å²) in [5.74, 6) is -0.553. The number of amides is 1. The zero-order valence-corrected chi connectivity index (χ0v) is 11.2. The van der Waals surface area contributed by atoms with Gasteiger partial charge in [-0.05, 0) is 30.3 Å². The predicted octanol–water partition coefficient (Wildman–Crippen LogP) is 3.59. The number of carbonyl (C=O) groups is 1. The Hall–Kier alpha value is -2.28. The average molecular weight is 316 g/mol. The van der Waals surface area contributed by atoms with Crippen molar-refractivity contribution >= 4 is 29.0 Å². The number of pyridine rings is 1. The Morgan fingerprint density at radius 2 is 1.95 bits per heavy atom. The minimum absolute atomic E-state index is 0.0106. The molecular weight excluding hydrogens is 307 g/mol. The van der Waals surface area contributed by atoms with Crippen molar-refractivity contribution in [3.63, 3.8) is 0 Å². The fraction of sp³-hybridized carbons (Fsp3) is 0.0769. The lowest BCUT2D eigenvalue weighted by atomic mass is 10.2. The van der Waals surface area contributed by atoms with Gasteiger partial charge >= 0.3 is 6.18 Å². The van der Waals surface area contributed by atoms with Gasteiger partial charge in [-0.15, -0.1) is 0 Å². The second-order valence-electron chi connectivity index (χ2n) is 4.13. The van der Waals surface area contributed by atoms with Crippen LogP contribution in [-0.4, -0.2) is 10.9 Å². The zero-order chi connectivity index (χ0) is 15.6. The Kier molecular flexibility index (Phi) is 4.04. The van der Waals surface area contributed by atoms with Gasteiger partial charge in [0.05, 0.1) is 5.56 Å². The van der Waals surface area contributed by atoms with Crippen molar-refractivity contribution in [3.8, 4) is 0 Å². The van der Waals surface area contributed by atoms with Crippen LogP contribution in [0.5, 0.6) is 0 Å². The Bertz CT molecular complexity index is 689. The van der Waals surface area contributed by atoms with Crippen LogP contribution in [0.2, 0.25) is 5.02 Å². The van der Waals surface area contributed by atoms with Crippen molar-refractivity contribution in [3.05, 3.63) is 52.7 Å². The maximum absolute atomic E-state index is 12.7. The number of nitrogens with zero attached hydrogens (tertiary/aromatic N) is 1. The molecule has 1 aromatic heterocycles. The van der Waals surface area contributed by atoms with Gasteiger partial charge in [0.2, 0.25) is 0 Å². The number of nitrogens with two attached hydrogens (primary N) is 1. The van der Waals surface area contributed by atoms with Crippen molar-refractivity contribution in [1.82, 2.24) is 4.98 Å². The molecule has 0 saturated carbocycles. The molecule has 0 aliphatic carbocycles. The lowest BCUT2D eigenvalue weighted by Gasteiger charge is -2.11. The van der Waals surface area contributed by atoms with E-state index in [2.05, 4.69) is 10.3 Å². The molecule has 1 aromatic carbocycles. The van der Waals surface area contributed by atoms with E-state index in [4.69, 9.17) is 17.3 Å². The maximum Gasteiger partial charge on any atom is 0.416 e. The zero-order valence-electron chi connectivity index (χ0n) is 10.4. The molecule has 0 unspecified atom stereocenters. The van der Waals surface area contributed by atoms with Crippen molar-refractivity contribution in [1.29, 1.82) is 0 Å². The lowest BCUT2D eigenvalue weighted by molar-refractivity contribution is -0.137. The molecule has 0 aliphatic rings. The second kappa shape index (κ2) is 5.61. The summed E-state index contributed by atoms with van der Waals surface area (Å²) in [5, 5.41) is 2.16. The van der Waals surface area contributed by atoms with Gasteiger partial charge in [0, 0.05) is 10.7 Å². The SMILES string of the molecule is Nc1cccc(C(=O)Nc2cc(Cl)cc(C(F)(F)F)c2)n1. The van der Waals surface area contributed by atoms with Gasteiger partial charge in [-0.25, -0.2) is 4.98 Å². The fourth-order valence-corrected chi connectivity index (χ4v) is 1.83. The molecule has 0 bridgehead atoms. The summed E-state index contributed by atoms with van der Waals surface area (Å²) in [6.07, 6.45) is -4.56. The number of rotatable bonds is 2. The molecule has 4 nitrogen and oxygen atoms in total. The van der Waals surface area contributed by atoms with Crippen molar-refractivity contribution < 1.29 is 18.0 Å². The third kappa shape index (κ3) is 3.85. The monoisotopic (exact) mass is 315 g/mol. The quantitative estimate of drug-likeness (QED) is 0.890. The predicted molar refractivity (Wildman–Crippen MR) is 73.1 cm³/mol. The number of benzene rings is 1. The largest absolute Gasteiger partial charge is 0.416 e. The second-order valence-corrected chi connectivity index (χ2v) is 4.56. The highest BCUT2D eigenvalue weighted by Crippen LogP contribution is 2.33. The summed E-state index contributed by atoms with van der Waals surface area (Å²) in [6.45, 7) is 0. The number of halogens is 4. The van der Waals surface area contributed by atoms with E-state index in [9.17, 15) is 18.0 Å². The topological polar surface area (TPSA) is 68.0 Å². The first-order chi connectivity index (χ1) is 9.75. The van der Waals surface area contributed by atoms with Gasteiger partial charge in [-0.1, -0.05) is 17.7 Å². The minimum Gasteiger partial charge on any atom is -0.384 e. The number of carbonyl (C=O) groups excluding carboxylic acids is 1. The first kappa shape index (κ1) is 15.1. The normalized spacial score (nSPS) is 11.2. The van der Waals surface area contributed by atoms with Gasteiger partial charge in [0.15, 0.2) is 0 Å². The van der Waals surface area contributed by atoms with Crippen LogP contribution in [0, 0.1) is 0 Å². The number of aromatic nitrogens is 1. The molecule has 0 atom stereocenters. The average Bonchev–Trinajstić information content (AvgIpc) is 2.37. The first-order valence-electron chi connectivity index (χ1n) is 5.67. The van der Waals surface area contributed by atoms with Crippen LogP contribution in [0.3, 0.4) is 0 Å². The van der Waals surface area contributed by atoms with E-state index in [0.717, 1.165) is 12.1 Å². The van der Waals surface area contributed by atoms with E-state index in [-0.39, 0.29) is 22.2 Å². The third-order valence-electron chi connectivity index (χ3n) is 2.49. The molecule has 0 fully saturated rings. The highest BCUT2D eigenvalue weighted by atomic mass is 35.5. The number of alkyl halides is 3. The number of nitrogens with one attached hydrogen (secondary N) is 1. The molecule has 2 aromatic rings. The van der Waals surface area contributed by atoms with E-state index < -0.39 is 17.6 Å². The Morgan fingerprint density at radius 3 is 2.57 bits per heavy atom. The molecule has 0 saturated heterocycles. The summed E-state index contributed by atoms with van der Waals surface area (Å²) in [7, 11) is 0. The maximum atomic E-state index is 12.7. The fourth-order valence-electron chi connectivity index (χ4n) is 1.60. The van der Waals surface area contributed by atoms with E-state index >= 15 is 0 Å². The molecule has 1 amide bonds. The highest BCUT2D eigenvalue weighted by molar-refractivity contribution is 6.31. The van der Waals surface area contributed by atoms with Crippen molar-refractivity contribution in [2.75, 3.05) is 11.1 Å². The summed E-state index contributed by atoms with van der Waals surface area (Å²) < 4.78 is 38.0. The molecule has 21 heavy (non-hydrogen) atoms. The lowest BCUT2D eigenvalue weighted by Crippen LogP contribution is -2.15. The van der Waals surface area contributed by atoms with E-state index in [1.807, 2.05) is 0 Å². The molecular formula is C13H9ClF3N3O. The van der Waals surface area contributed by atoms with Crippen LogP contribution in [-0.2, 0) is 6.18 Å². The molecule has 1 heterocycles. The van der Waals surface area contributed by atoms with Crippen LogP contribution in [0.4, 0.5) is 24.7 Å². The molecule has 3 N–H and O–H groups in total. The van der Waals surface area contributed by atoms with Crippen LogP contribution in [0.1, 0.15) is 16.1 Å². The third-order valence-corrected chi connectivity index (χ3v) is 2.70. The Balaban J connectivity index is 2.27. The summed E-state index contributed by atoms with van der Waals surface area (Å²) in [6, 6.07) is 7.15. The number of hydrogen-bond donors (Lipinski definition) is 2. The Morgan fingerprint density at radius 1 is 1.24 bits per heavy atom. The molecule has 0 radical (unpaired) electrons. The standard InChI is InChI=1S/C13H9ClF3N3O/c14-8-4-7(13(15,16)17)5-9(6-8)19-12(21)10-2-1-3-11(18)20-10/h1-6H,(H2,18,20)(H,19,21). The van der Waals surface area contributed by atoms with Crippen LogP contribution >= 0.6 is 11.6 Å². The van der Waals surface area contributed by atoms with Gasteiger partial charge in [0.1, 0.15) is 11.5 Å². The summed E-state index contributed by atoms with van der Waals surface area (Å²) >= 11 is 5.62. The molecule has 0 spiro atoms. The van der Waals surface area contributed by atoms with Crippen molar-refractivity contribution in [2.45, 2.75) is 6.18 Å². The van der Waals surface area contributed by atoms with Gasteiger partial charge in [-0.3, -0.25) is 4.79 Å². The first-order valence-corrected chi connectivity index (χ1v) is 6.05. The minimum atomic E-state index is -4.56. The van der Waals surface area contributed by atoms with Gasteiger partial charge in [0.25, 0.3) is 5.91 Å². The molecule has 0 aliphatic heterocycles. The smallest absolute Gasteiger partial charge is 0.384 e. The molecule has 2 rings (SSSR count). The number of anilines is 2. The van der Waals surface area contributed by atoms with Gasteiger partial charge < -0.3 is 11.1 Å². The summed E-state index contributed by atoms with van der Waals surface area (Å²) in [5.41, 5.74) is 4.39. The number of hydrogen-bond acceptors (Lipinski definition) is 3. The van der Waals surface area contributed by atoms with Crippen LogP contribution in [0.25, 0.3) is 0 Å². The van der Waals surface area contributed by atoms with Gasteiger partial charge in [-0.2, -0.15) is 13.2 Å². The molecule has 110 valence electrons. The molecule has 8 heteroatoms. The highest BCUT2D eigenvalue weighted by Gasteiger charge is 2.31. The van der Waals surface area contributed by atoms with E-state index in [1.54, 1.807) is 0 Å². The Labute approximate surface area is 122 Å². The van der Waals surface area contributed by atoms with E-state index in [1.165, 1.54) is 24.3 Å². The number of nitrogen functional groups attached to an aromatic ring is 1. The van der Waals surface area contributed by atoms with Crippen LogP contribution in [0.15, 0.2) is 36.4 Å².